The standard InChI is InChI=1S/C16H16F3N3O4/c1-22-14-12(15(24,16(17,18)19)7-11(23)20-14)13(21-22)8-4-9(25-2)6-10(5-8)26-3/h4-6,24H,7H2,1-3H3,(H,20,23). The summed E-state index contributed by atoms with van der Waals surface area (Å²) >= 11 is 0. The predicted octanol–water partition coefficient (Wildman–Crippen LogP) is 2.20. The number of fused-ring (bicyclic) bond motifs is 1. The average molecular weight is 371 g/mol. The number of benzene rings is 1. The molecule has 1 aliphatic rings. The second kappa shape index (κ2) is 5.90. The summed E-state index contributed by atoms with van der Waals surface area (Å²) in [4.78, 5) is 11.7. The molecule has 0 spiro atoms. The van der Waals surface area contributed by atoms with Crippen molar-refractivity contribution in [2.75, 3.05) is 19.5 Å². The van der Waals surface area contributed by atoms with Crippen molar-refractivity contribution in [2.24, 2.45) is 7.05 Å². The molecule has 0 fully saturated rings. The van der Waals surface area contributed by atoms with Crippen LogP contribution in [0.5, 0.6) is 11.5 Å². The normalized spacial score (nSPS) is 19.7. The first-order valence-corrected chi connectivity index (χ1v) is 7.50. The Morgan fingerprint density at radius 3 is 2.31 bits per heavy atom. The van der Waals surface area contributed by atoms with Gasteiger partial charge in [-0.05, 0) is 12.1 Å². The van der Waals surface area contributed by atoms with Crippen molar-refractivity contribution in [1.82, 2.24) is 9.78 Å². The molecule has 1 aromatic carbocycles. The van der Waals surface area contributed by atoms with Gasteiger partial charge in [-0.1, -0.05) is 0 Å². The summed E-state index contributed by atoms with van der Waals surface area (Å²) in [5.74, 6) is -0.476. The van der Waals surface area contributed by atoms with Crippen molar-refractivity contribution < 1.29 is 32.5 Å². The van der Waals surface area contributed by atoms with Crippen molar-refractivity contribution in [1.29, 1.82) is 0 Å². The van der Waals surface area contributed by atoms with Crippen LogP contribution in [-0.2, 0) is 17.4 Å². The molecule has 0 aliphatic carbocycles. The minimum absolute atomic E-state index is 0.125. The molecule has 1 amide bonds. The number of halogens is 3. The molecule has 2 N–H and O–H groups in total. The minimum atomic E-state index is -5.07. The molecule has 1 aromatic heterocycles. The van der Waals surface area contributed by atoms with E-state index in [2.05, 4.69) is 10.4 Å². The number of nitrogens with one attached hydrogen (secondary N) is 1. The summed E-state index contributed by atoms with van der Waals surface area (Å²) in [6.07, 6.45) is -6.22. The van der Waals surface area contributed by atoms with Crippen LogP contribution in [0.1, 0.15) is 12.0 Å². The zero-order chi connectivity index (χ0) is 19.3. The number of ether oxygens (including phenoxy) is 2. The maximum absolute atomic E-state index is 13.7. The van der Waals surface area contributed by atoms with Crippen LogP contribution in [0, 0.1) is 0 Å². The number of hydrogen-bond acceptors (Lipinski definition) is 5. The van der Waals surface area contributed by atoms with Crippen molar-refractivity contribution in [3.05, 3.63) is 23.8 Å². The number of alkyl halides is 3. The van der Waals surface area contributed by atoms with Gasteiger partial charge in [0.2, 0.25) is 5.91 Å². The Bertz CT molecular complexity index is 856. The highest BCUT2D eigenvalue weighted by Crippen LogP contribution is 2.50. The second-order valence-electron chi connectivity index (χ2n) is 5.88. The number of aryl methyl sites for hydroxylation is 1. The molecular weight excluding hydrogens is 355 g/mol. The van der Waals surface area contributed by atoms with E-state index < -0.39 is 29.7 Å². The highest BCUT2D eigenvalue weighted by molar-refractivity contribution is 5.96. The summed E-state index contributed by atoms with van der Waals surface area (Å²) in [5.41, 5.74) is -3.75. The van der Waals surface area contributed by atoms with Crippen LogP contribution in [0.25, 0.3) is 11.3 Å². The Labute approximate surface area is 146 Å². The maximum atomic E-state index is 13.7. The molecule has 0 radical (unpaired) electrons. The molecule has 0 saturated heterocycles. The number of carbonyl (C=O) groups excluding carboxylic acids is 1. The van der Waals surface area contributed by atoms with Gasteiger partial charge in [0, 0.05) is 18.7 Å². The topological polar surface area (TPSA) is 85.6 Å². The Balaban J connectivity index is 2.30. The largest absolute Gasteiger partial charge is 0.497 e. The van der Waals surface area contributed by atoms with E-state index in [-0.39, 0.29) is 17.1 Å². The van der Waals surface area contributed by atoms with Crippen molar-refractivity contribution in [3.8, 4) is 22.8 Å². The van der Waals surface area contributed by atoms with Crippen LogP contribution < -0.4 is 14.8 Å². The fraction of sp³-hybridized carbons (Fsp3) is 0.375. The number of amides is 1. The number of aliphatic hydroxyl groups is 1. The molecule has 26 heavy (non-hydrogen) atoms. The van der Waals surface area contributed by atoms with Crippen LogP contribution >= 0.6 is 0 Å². The van der Waals surface area contributed by atoms with Crippen molar-refractivity contribution in [2.45, 2.75) is 18.2 Å². The third-order valence-corrected chi connectivity index (χ3v) is 4.23. The summed E-state index contributed by atoms with van der Waals surface area (Å²) in [6, 6.07) is 4.49. The molecule has 1 unspecified atom stereocenters. The Morgan fingerprint density at radius 2 is 1.81 bits per heavy atom. The first-order valence-electron chi connectivity index (χ1n) is 7.50. The van der Waals surface area contributed by atoms with Gasteiger partial charge in [0.25, 0.3) is 0 Å². The Kier molecular flexibility index (Phi) is 4.10. The third-order valence-electron chi connectivity index (χ3n) is 4.23. The van der Waals surface area contributed by atoms with Gasteiger partial charge in [-0.25, -0.2) is 0 Å². The number of carbonyl (C=O) groups is 1. The van der Waals surface area contributed by atoms with Crippen LogP contribution in [0.2, 0.25) is 0 Å². The molecule has 1 atom stereocenters. The predicted molar refractivity (Wildman–Crippen MR) is 84.9 cm³/mol. The highest BCUT2D eigenvalue weighted by Gasteiger charge is 2.61. The van der Waals surface area contributed by atoms with E-state index in [1.54, 1.807) is 6.07 Å². The lowest BCUT2D eigenvalue weighted by Gasteiger charge is -2.34. The van der Waals surface area contributed by atoms with Crippen LogP contribution in [0.15, 0.2) is 18.2 Å². The molecule has 0 bridgehead atoms. The van der Waals surface area contributed by atoms with Crippen LogP contribution in [0.3, 0.4) is 0 Å². The summed E-state index contributed by atoms with van der Waals surface area (Å²) in [6.45, 7) is 0. The van der Waals surface area contributed by atoms with E-state index in [1.165, 1.54) is 33.4 Å². The van der Waals surface area contributed by atoms with E-state index in [1.807, 2.05) is 0 Å². The Morgan fingerprint density at radius 1 is 1.23 bits per heavy atom. The van der Waals surface area contributed by atoms with Crippen LogP contribution in [0.4, 0.5) is 19.0 Å². The lowest BCUT2D eigenvalue weighted by molar-refractivity contribution is -0.267. The lowest BCUT2D eigenvalue weighted by Crippen LogP contribution is -2.48. The van der Waals surface area contributed by atoms with Gasteiger partial charge in [0.15, 0.2) is 5.60 Å². The van der Waals surface area contributed by atoms with E-state index in [0.717, 1.165) is 4.68 Å². The molecule has 0 saturated carbocycles. The van der Waals surface area contributed by atoms with Gasteiger partial charge in [-0.3, -0.25) is 9.48 Å². The molecule has 3 rings (SSSR count). The first-order chi connectivity index (χ1) is 12.1. The average Bonchev–Trinajstić information content (AvgIpc) is 2.90. The number of anilines is 1. The van der Waals surface area contributed by atoms with Gasteiger partial charge in [-0.15, -0.1) is 0 Å². The number of hydrogen-bond donors (Lipinski definition) is 2. The van der Waals surface area contributed by atoms with Gasteiger partial charge in [0.1, 0.15) is 23.0 Å². The summed E-state index contributed by atoms with van der Waals surface area (Å²) in [5, 5.41) is 16.9. The quantitative estimate of drug-likeness (QED) is 0.864. The fourth-order valence-electron chi connectivity index (χ4n) is 2.94. The van der Waals surface area contributed by atoms with E-state index in [0.29, 0.717) is 11.5 Å². The third kappa shape index (κ3) is 2.66. The highest BCUT2D eigenvalue weighted by atomic mass is 19.4. The first kappa shape index (κ1) is 18.1. The summed E-state index contributed by atoms with van der Waals surface area (Å²) < 4.78 is 52.3. The van der Waals surface area contributed by atoms with Gasteiger partial charge in [0.05, 0.1) is 26.2 Å². The molecule has 10 heteroatoms. The van der Waals surface area contributed by atoms with Gasteiger partial charge >= 0.3 is 6.18 Å². The minimum Gasteiger partial charge on any atom is -0.497 e. The maximum Gasteiger partial charge on any atom is 0.422 e. The number of rotatable bonds is 3. The smallest absolute Gasteiger partial charge is 0.422 e. The SMILES string of the molecule is COc1cc(OC)cc(-c2nn(C)c3c2C(O)(C(F)(F)F)CC(=O)N3)c1. The zero-order valence-electron chi connectivity index (χ0n) is 14.1. The van der Waals surface area contributed by atoms with Gasteiger partial charge in [-0.2, -0.15) is 18.3 Å². The van der Waals surface area contributed by atoms with E-state index in [9.17, 15) is 23.1 Å². The zero-order valence-corrected chi connectivity index (χ0v) is 14.1. The van der Waals surface area contributed by atoms with Gasteiger partial charge < -0.3 is 19.9 Å². The van der Waals surface area contributed by atoms with Crippen molar-refractivity contribution >= 4 is 11.7 Å². The molecule has 2 aromatic rings. The lowest BCUT2D eigenvalue weighted by atomic mass is 9.84. The Hall–Kier alpha value is -2.75. The molecule has 2 heterocycles. The molecule has 7 nitrogen and oxygen atoms in total. The molecule has 1 aliphatic heterocycles. The van der Waals surface area contributed by atoms with E-state index >= 15 is 0 Å². The van der Waals surface area contributed by atoms with E-state index in [4.69, 9.17) is 9.47 Å². The van der Waals surface area contributed by atoms with Crippen molar-refractivity contribution in [3.63, 3.8) is 0 Å². The number of methoxy groups -OCH3 is 2. The molecule has 140 valence electrons. The second-order valence-corrected chi connectivity index (χ2v) is 5.88. The monoisotopic (exact) mass is 371 g/mol. The number of aromatic nitrogens is 2. The summed E-state index contributed by atoms with van der Waals surface area (Å²) in [7, 11) is 4.18. The number of nitrogens with zero attached hydrogens (tertiary/aromatic N) is 2. The molecular formula is C16H16F3N3O4. The fourth-order valence-corrected chi connectivity index (χ4v) is 2.94. The van der Waals surface area contributed by atoms with Crippen LogP contribution in [-0.4, -0.2) is 41.2 Å².